The Hall–Kier alpha value is -1.46. The molecule has 3 nitrogen and oxygen atoms in total. The second-order valence-corrected chi connectivity index (χ2v) is 5.12. The Morgan fingerprint density at radius 3 is 3.05 bits per heavy atom. The van der Waals surface area contributed by atoms with Crippen molar-refractivity contribution in [3.05, 3.63) is 46.2 Å². The molecule has 1 aromatic carbocycles. The van der Waals surface area contributed by atoms with Crippen LogP contribution < -0.4 is 10.1 Å². The third-order valence-corrected chi connectivity index (χ3v) is 3.35. The molecule has 0 aliphatic heterocycles. The summed E-state index contributed by atoms with van der Waals surface area (Å²) in [6.45, 7) is 4.03. The van der Waals surface area contributed by atoms with Crippen molar-refractivity contribution in [2.75, 3.05) is 6.54 Å². The first-order valence-electron chi connectivity index (χ1n) is 6.30. The van der Waals surface area contributed by atoms with Crippen LogP contribution >= 0.6 is 11.3 Å². The SMILES string of the molecule is CCCNCc1cc(F)ccc1OCc1nccs1. The topological polar surface area (TPSA) is 34.1 Å². The predicted octanol–water partition coefficient (Wildman–Crippen LogP) is 3.36. The molecule has 1 N–H and O–H groups in total. The van der Waals surface area contributed by atoms with Crippen molar-refractivity contribution in [1.29, 1.82) is 0 Å². The molecule has 102 valence electrons. The lowest BCUT2D eigenvalue weighted by Crippen LogP contribution is -2.15. The molecule has 5 heteroatoms. The lowest BCUT2D eigenvalue weighted by atomic mass is 10.2. The van der Waals surface area contributed by atoms with Crippen LogP contribution in [0.15, 0.2) is 29.8 Å². The van der Waals surface area contributed by atoms with Gasteiger partial charge in [-0.25, -0.2) is 9.37 Å². The average Bonchev–Trinajstić information content (AvgIpc) is 2.91. The number of rotatable bonds is 7. The van der Waals surface area contributed by atoms with Crippen LogP contribution in [0.2, 0.25) is 0 Å². The average molecular weight is 280 g/mol. The fourth-order valence-electron chi connectivity index (χ4n) is 1.69. The molecule has 0 amide bonds. The summed E-state index contributed by atoms with van der Waals surface area (Å²) < 4.78 is 19.0. The van der Waals surface area contributed by atoms with Gasteiger partial charge in [-0.1, -0.05) is 6.92 Å². The minimum atomic E-state index is -0.241. The molecule has 1 aromatic heterocycles. The zero-order chi connectivity index (χ0) is 13.5. The predicted molar refractivity (Wildman–Crippen MR) is 74.8 cm³/mol. The van der Waals surface area contributed by atoms with E-state index < -0.39 is 0 Å². The maximum Gasteiger partial charge on any atom is 0.140 e. The van der Waals surface area contributed by atoms with Crippen LogP contribution in [-0.2, 0) is 13.2 Å². The van der Waals surface area contributed by atoms with Crippen LogP contribution in [-0.4, -0.2) is 11.5 Å². The van der Waals surface area contributed by atoms with Gasteiger partial charge >= 0.3 is 0 Å². The minimum absolute atomic E-state index is 0.241. The van der Waals surface area contributed by atoms with E-state index in [9.17, 15) is 4.39 Å². The minimum Gasteiger partial charge on any atom is -0.486 e. The molecule has 1 heterocycles. The normalized spacial score (nSPS) is 10.6. The highest BCUT2D eigenvalue weighted by Crippen LogP contribution is 2.21. The van der Waals surface area contributed by atoms with Crippen molar-refractivity contribution in [1.82, 2.24) is 10.3 Å². The van der Waals surface area contributed by atoms with Crippen LogP contribution in [0.4, 0.5) is 4.39 Å². The van der Waals surface area contributed by atoms with Crippen LogP contribution in [0.5, 0.6) is 5.75 Å². The lowest BCUT2D eigenvalue weighted by molar-refractivity contribution is 0.301. The highest BCUT2D eigenvalue weighted by Gasteiger charge is 2.06. The number of nitrogens with one attached hydrogen (secondary N) is 1. The molecular weight excluding hydrogens is 263 g/mol. The summed E-state index contributed by atoms with van der Waals surface area (Å²) in [6, 6.07) is 4.60. The van der Waals surface area contributed by atoms with Gasteiger partial charge in [0.15, 0.2) is 0 Å². The maximum atomic E-state index is 13.3. The van der Waals surface area contributed by atoms with Gasteiger partial charge in [0.05, 0.1) is 0 Å². The van der Waals surface area contributed by atoms with Crippen LogP contribution in [0.3, 0.4) is 0 Å². The molecule has 0 spiro atoms. The van der Waals surface area contributed by atoms with Gasteiger partial charge in [0.2, 0.25) is 0 Å². The van der Waals surface area contributed by atoms with Crippen molar-refractivity contribution in [2.24, 2.45) is 0 Å². The van der Waals surface area contributed by atoms with Gasteiger partial charge in [0, 0.05) is 23.7 Å². The number of ether oxygens (including phenoxy) is 1. The summed E-state index contributed by atoms with van der Waals surface area (Å²) in [6.07, 6.45) is 2.79. The van der Waals surface area contributed by atoms with E-state index in [-0.39, 0.29) is 5.82 Å². The number of benzene rings is 1. The number of nitrogens with zero attached hydrogens (tertiary/aromatic N) is 1. The second kappa shape index (κ2) is 7.21. The molecule has 2 aromatic rings. The van der Waals surface area contributed by atoms with Crippen molar-refractivity contribution >= 4 is 11.3 Å². The zero-order valence-corrected chi connectivity index (χ0v) is 11.7. The molecule has 0 bridgehead atoms. The summed E-state index contributed by atoms with van der Waals surface area (Å²) >= 11 is 1.55. The number of thiazole rings is 1. The van der Waals surface area contributed by atoms with E-state index in [1.54, 1.807) is 23.6 Å². The van der Waals surface area contributed by atoms with Crippen molar-refractivity contribution in [2.45, 2.75) is 26.5 Å². The number of aromatic nitrogens is 1. The Labute approximate surface area is 116 Å². The van der Waals surface area contributed by atoms with Gasteiger partial charge in [-0.2, -0.15) is 0 Å². The quantitative estimate of drug-likeness (QED) is 0.790. The Morgan fingerprint density at radius 2 is 2.32 bits per heavy atom. The Kier molecular flexibility index (Phi) is 5.30. The Balaban J connectivity index is 2.01. The molecule has 0 radical (unpaired) electrons. The Morgan fingerprint density at radius 1 is 1.42 bits per heavy atom. The molecule has 0 aliphatic rings. The van der Waals surface area contributed by atoms with Gasteiger partial charge in [-0.3, -0.25) is 0 Å². The summed E-state index contributed by atoms with van der Waals surface area (Å²) in [4.78, 5) is 4.16. The summed E-state index contributed by atoms with van der Waals surface area (Å²) in [5, 5.41) is 6.08. The first-order chi connectivity index (χ1) is 9.29. The number of hydrogen-bond donors (Lipinski definition) is 1. The van der Waals surface area contributed by atoms with Gasteiger partial charge < -0.3 is 10.1 Å². The highest BCUT2D eigenvalue weighted by atomic mass is 32.1. The van der Waals surface area contributed by atoms with E-state index >= 15 is 0 Å². The van der Waals surface area contributed by atoms with E-state index in [4.69, 9.17) is 4.74 Å². The Bertz CT molecular complexity index is 502. The van der Waals surface area contributed by atoms with Gasteiger partial charge in [0.1, 0.15) is 23.2 Å². The summed E-state index contributed by atoms with van der Waals surface area (Å²) in [5.41, 5.74) is 0.838. The van der Waals surface area contributed by atoms with E-state index in [0.29, 0.717) is 18.9 Å². The van der Waals surface area contributed by atoms with Gasteiger partial charge in [-0.15, -0.1) is 11.3 Å². The molecule has 0 saturated heterocycles. The number of halogens is 1. The van der Waals surface area contributed by atoms with E-state index in [2.05, 4.69) is 17.2 Å². The van der Waals surface area contributed by atoms with Crippen molar-refractivity contribution in [3.8, 4) is 5.75 Å². The molecule has 0 saturated carbocycles. The molecule has 0 unspecified atom stereocenters. The smallest absolute Gasteiger partial charge is 0.140 e. The van der Waals surface area contributed by atoms with Crippen LogP contribution in [0, 0.1) is 5.82 Å². The molecule has 0 aliphatic carbocycles. The fourth-order valence-corrected chi connectivity index (χ4v) is 2.22. The van der Waals surface area contributed by atoms with E-state index in [1.165, 1.54) is 12.1 Å². The van der Waals surface area contributed by atoms with Gasteiger partial charge in [0.25, 0.3) is 0 Å². The van der Waals surface area contributed by atoms with E-state index in [0.717, 1.165) is 23.5 Å². The molecular formula is C14H17FN2OS. The van der Waals surface area contributed by atoms with Crippen molar-refractivity contribution in [3.63, 3.8) is 0 Å². The number of hydrogen-bond acceptors (Lipinski definition) is 4. The standard InChI is InChI=1S/C14H17FN2OS/c1-2-5-16-9-11-8-12(15)3-4-13(11)18-10-14-17-6-7-19-14/h3-4,6-8,16H,2,5,9-10H2,1H3. The van der Waals surface area contributed by atoms with Gasteiger partial charge in [-0.05, 0) is 31.2 Å². The third-order valence-electron chi connectivity index (χ3n) is 2.60. The first-order valence-corrected chi connectivity index (χ1v) is 7.18. The largest absolute Gasteiger partial charge is 0.486 e. The fraction of sp³-hybridized carbons (Fsp3) is 0.357. The summed E-state index contributed by atoms with van der Waals surface area (Å²) in [7, 11) is 0. The summed E-state index contributed by atoms with van der Waals surface area (Å²) in [5.74, 6) is 0.468. The van der Waals surface area contributed by atoms with Crippen LogP contribution in [0.1, 0.15) is 23.9 Å². The van der Waals surface area contributed by atoms with E-state index in [1.807, 2.05) is 5.38 Å². The molecule has 2 rings (SSSR count). The molecule has 0 atom stereocenters. The molecule has 0 fully saturated rings. The molecule has 19 heavy (non-hydrogen) atoms. The van der Waals surface area contributed by atoms with Crippen molar-refractivity contribution < 1.29 is 9.13 Å². The second-order valence-electron chi connectivity index (χ2n) is 4.14. The monoisotopic (exact) mass is 280 g/mol. The maximum absolute atomic E-state index is 13.3. The lowest BCUT2D eigenvalue weighted by Gasteiger charge is -2.11. The van der Waals surface area contributed by atoms with Crippen LogP contribution in [0.25, 0.3) is 0 Å². The first kappa shape index (κ1) is 14.0. The third kappa shape index (κ3) is 4.29. The highest BCUT2D eigenvalue weighted by molar-refractivity contribution is 7.09. The zero-order valence-electron chi connectivity index (χ0n) is 10.9.